The molecule has 0 heterocycles. The first-order chi connectivity index (χ1) is 19.2. The van der Waals surface area contributed by atoms with Gasteiger partial charge in [-0.2, -0.15) is 0 Å². The number of benzene rings is 3. The molecule has 0 aliphatic rings. The van der Waals surface area contributed by atoms with Gasteiger partial charge in [-0.3, -0.25) is 13.9 Å². The number of hydrogen-bond acceptors (Lipinski definition) is 6. The number of carbonyl (C=O) groups is 2. The molecule has 1 N–H and O–H groups in total. The van der Waals surface area contributed by atoms with Crippen LogP contribution in [0.5, 0.6) is 11.5 Å². The molecule has 3 aromatic carbocycles. The van der Waals surface area contributed by atoms with Crippen LogP contribution in [-0.4, -0.2) is 58.0 Å². The maximum absolute atomic E-state index is 14.0. The van der Waals surface area contributed by atoms with Crippen molar-refractivity contribution in [1.29, 1.82) is 0 Å². The molecule has 1 atom stereocenters. The summed E-state index contributed by atoms with van der Waals surface area (Å²) in [5.74, 6) is 0.118. The Morgan fingerprint density at radius 3 is 2.20 bits per heavy atom. The van der Waals surface area contributed by atoms with Gasteiger partial charge >= 0.3 is 0 Å². The van der Waals surface area contributed by atoms with Gasteiger partial charge in [0.05, 0.1) is 24.3 Å². The Kier molecular flexibility index (Phi) is 11.0. The third-order valence-corrected chi connectivity index (χ3v) is 8.05. The number of nitrogens with zero attached hydrogens (tertiary/aromatic N) is 2. The van der Waals surface area contributed by atoms with Gasteiger partial charge in [0.15, 0.2) is 0 Å². The average molecular weight is 568 g/mol. The van der Waals surface area contributed by atoms with Gasteiger partial charge in [0, 0.05) is 13.1 Å². The van der Waals surface area contributed by atoms with Crippen molar-refractivity contribution in [3.8, 4) is 11.5 Å². The van der Waals surface area contributed by atoms with Crippen LogP contribution < -0.4 is 19.1 Å². The van der Waals surface area contributed by atoms with Crippen molar-refractivity contribution in [3.05, 3.63) is 84.4 Å². The highest BCUT2D eigenvalue weighted by atomic mass is 32.2. The van der Waals surface area contributed by atoms with E-state index in [2.05, 4.69) is 5.32 Å². The van der Waals surface area contributed by atoms with Gasteiger partial charge in [-0.25, -0.2) is 8.42 Å². The van der Waals surface area contributed by atoms with E-state index in [1.807, 2.05) is 6.92 Å². The SMILES string of the molecule is CCCNC(=O)[C@H](C)N(Cc1ccc(OC)cc1)C(=O)CN(c1ccccc1OCC)S(=O)(=O)c1ccccc1. The summed E-state index contributed by atoms with van der Waals surface area (Å²) in [5, 5.41) is 2.83. The Labute approximate surface area is 236 Å². The molecule has 0 saturated heterocycles. The van der Waals surface area contributed by atoms with E-state index in [1.54, 1.807) is 87.7 Å². The molecule has 0 radical (unpaired) electrons. The number of rotatable bonds is 14. The lowest BCUT2D eigenvalue weighted by atomic mass is 10.1. The summed E-state index contributed by atoms with van der Waals surface area (Å²) in [6, 6.07) is 20.9. The third-order valence-electron chi connectivity index (χ3n) is 6.27. The molecule has 40 heavy (non-hydrogen) atoms. The van der Waals surface area contributed by atoms with Crippen molar-refractivity contribution in [2.75, 3.05) is 31.1 Å². The molecule has 0 aliphatic heterocycles. The lowest BCUT2D eigenvalue weighted by Gasteiger charge is -2.32. The van der Waals surface area contributed by atoms with Crippen LogP contribution in [0.2, 0.25) is 0 Å². The molecule has 214 valence electrons. The minimum Gasteiger partial charge on any atom is -0.497 e. The largest absolute Gasteiger partial charge is 0.497 e. The van der Waals surface area contributed by atoms with Gasteiger partial charge in [-0.1, -0.05) is 49.4 Å². The normalized spacial score (nSPS) is 11.8. The number of nitrogens with one attached hydrogen (secondary N) is 1. The van der Waals surface area contributed by atoms with Gasteiger partial charge in [-0.15, -0.1) is 0 Å². The van der Waals surface area contributed by atoms with E-state index in [1.165, 1.54) is 17.0 Å². The highest BCUT2D eigenvalue weighted by Crippen LogP contribution is 2.33. The lowest BCUT2D eigenvalue weighted by molar-refractivity contribution is -0.139. The summed E-state index contributed by atoms with van der Waals surface area (Å²) in [7, 11) is -2.61. The number of carbonyl (C=O) groups excluding carboxylic acids is 2. The number of sulfonamides is 1. The number of anilines is 1. The molecule has 2 amide bonds. The van der Waals surface area contributed by atoms with Crippen molar-refractivity contribution >= 4 is 27.5 Å². The summed E-state index contributed by atoms with van der Waals surface area (Å²) in [4.78, 5) is 28.4. The smallest absolute Gasteiger partial charge is 0.264 e. The van der Waals surface area contributed by atoms with Gasteiger partial charge in [-0.05, 0) is 62.2 Å². The molecule has 9 nitrogen and oxygen atoms in total. The molecular formula is C30H37N3O6S. The maximum atomic E-state index is 14.0. The number of ether oxygens (including phenoxy) is 2. The Balaban J connectivity index is 2.04. The van der Waals surface area contributed by atoms with Crippen LogP contribution in [-0.2, 0) is 26.2 Å². The van der Waals surface area contributed by atoms with Crippen LogP contribution in [0.15, 0.2) is 83.8 Å². The van der Waals surface area contributed by atoms with Crippen molar-refractivity contribution in [2.24, 2.45) is 0 Å². The zero-order valence-corrected chi connectivity index (χ0v) is 24.2. The van der Waals surface area contributed by atoms with E-state index in [0.29, 0.717) is 24.7 Å². The third kappa shape index (κ3) is 7.53. The van der Waals surface area contributed by atoms with Crippen LogP contribution >= 0.6 is 0 Å². The van der Waals surface area contributed by atoms with Crippen molar-refractivity contribution in [2.45, 2.75) is 44.7 Å². The maximum Gasteiger partial charge on any atom is 0.264 e. The zero-order chi connectivity index (χ0) is 29.1. The van der Waals surface area contributed by atoms with Crippen LogP contribution in [0.25, 0.3) is 0 Å². The van der Waals surface area contributed by atoms with Gasteiger partial charge < -0.3 is 19.7 Å². The molecular weight excluding hydrogens is 530 g/mol. The summed E-state index contributed by atoms with van der Waals surface area (Å²) in [5.41, 5.74) is 0.991. The highest BCUT2D eigenvalue weighted by Gasteiger charge is 2.33. The molecule has 3 aromatic rings. The summed E-state index contributed by atoms with van der Waals surface area (Å²) in [6.07, 6.45) is 0.738. The van der Waals surface area contributed by atoms with Gasteiger partial charge in [0.25, 0.3) is 10.0 Å². The molecule has 0 saturated carbocycles. The van der Waals surface area contributed by atoms with Crippen LogP contribution in [0.1, 0.15) is 32.8 Å². The number of hydrogen-bond donors (Lipinski definition) is 1. The fraction of sp³-hybridized carbons (Fsp3) is 0.333. The molecule has 10 heteroatoms. The predicted octanol–water partition coefficient (Wildman–Crippen LogP) is 4.23. The molecule has 3 rings (SSSR count). The first kappa shape index (κ1) is 30.5. The first-order valence-corrected chi connectivity index (χ1v) is 14.7. The Bertz CT molecular complexity index is 1360. The first-order valence-electron chi connectivity index (χ1n) is 13.2. The Morgan fingerprint density at radius 1 is 0.925 bits per heavy atom. The molecule has 0 aromatic heterocycles. The highest BCUT2D eigenvalue weighted by molar-refractivity contribution is 7.92. The van der Waals surface area contributed by atoms with Crippen LogP contribution in [0.3, 0.4) is 0 Å². The monoisotopic (exact) mass is 567 g/mol. The molecule has 0 bridgehead atoms. The van der Waals surface area contributed by atoms with Crippen LogP contribution in [0.4, 0.5) is 5.69 Å². The van der Waals surface area contributed by atoms with E-state index in [4.69, 9.17) is 9.47 Å². The predicted molar refractivity (Wildman–Crippen MR) is 155 cm³/mol. The zero-order valence-electron chi connectivity index (χ0n) is 23.4. The van der Waals surface area contributed by atoms with E-state index in [-0.39, 0.29) is 23.0 Å². The second kappa shape index (κ2) is 14.4. The molecule has 0 fully saturated rings. The average Bonchev–Trinajstić information content (AvgIpc) is 2.98. The van der Waals surface area contributed by atoms with E-state index in [9.17, 15) is 18.0 Å². The Morgan fingerprint density at radius 2 is 1.57 bits per heavy atom. The summed E-state index contributed by atoms with van der Waals surface area (Å²) in [6.45, 7) is 5.69. The van der Waals surface area contributed by atoms with Crippen molar-refractivity contribution in [3.63, 3.8) is 0 Å². The summed E-state index contributed by atoms with van der Waals surface area (Å²) >= 11 is 0. The van der Waals surface area contributed by atoms with Crippen LogP contribution in [0, 0.1) is 0 Å². The minimum atomic E-state index is -4.18. The number of amides is 2. The number of para-hydroxylation sites is 2. The number of methoxy groups -OCH3 is 1. The fourth-order valence-electron chi connectivity index (χ4n) is 4.08. The minimum absolute atomic E-state index is 0.0320. The van der Waals surface area contributed by atoms with Crippen molar-refractivity contribution < 1.29 is 27.5 Å². The topological polar surface area (TPSA) is 105 Å². The Hall–Kier alpha value is -4.05. The molecule has 0 unspecified atom stereocenters. The second-order valence-corrected chi connectivity index (χ2v) is 10.9. The van der Waals surface area contributed by atoms with E-state index in [0.717, 1.165) is 16.3 Å². The summed E-state index contributed by atoms with van der Waals surface area (Å²) < 4.78 is 39.9. The van der Waals surface area contributed by atoms with E-state index < -0.39 is 28.5 Å². The quantitative estimate of drug-likeness (QED) is 0.313. The fourth-order valence-corrected chi connectivity index (χ4v) is 5.53. The second-order valence-electron chi connectivity index (χ2n) is 9.06. The van der Waals surface area contributed by atoms with Gasteiger partial charge in [0.1, 0.15) is 24.1 Å². The van der Waals surface area contributed by atoms with Gasteiger partial charge in [0.2, 0.25) is 11.8 Å². The standard InChI is InChI=1S/C30H37N3O6S/c1-5-20-31-30(35)23(3)32(21-24-16-18-25(38-4)19-17-24)29(34)22-33(27-14-10-11-15-28(27)39-6-2)40(36,37)26-12-8-7-9-13-26/h7-19,23H,5-6,20-22H2,1-4H3,(H,31,35)/t23-/m0/s1. The molecule has 0 spiro atoms. The molecule has 0 aliphatic carbocycles. The van der Waals surface area contributed by atoms with E-state index >= 15 is 0 Å². The lowest BCUT2D eigenvalue weighted by Crippen LogP contribution is -2.51. The van der Waals surface area contributed by atoms with Crippen molar-refractivity contribution in [1.82, 2.24) is 10.2 Å².